The zero-order valence-electron chi connectivity index (χ0n) is 9.39. The molecule has 3 rings (SSSR count). The number of hydrogen-bond acceptors (Lipinski definition) is 4. The van der Waals surface area contributed by atoms with Crippen LogP contribution in [0.15, 0.2) is 16.9 Å². The average molecular weight is 220 g/mol. The van der Waals surface area contributed by atoms with Crippen LogP contribution in [-0.2, 0) is 0 Å². The number of fused-ring (bicyclic) bond motifs is 1. The van der Waals surface area contributed by atoms with Crippen molar-refractivity contribution in [3.05, 3.63) is 22.5 Å². The van der Waals surface area contributed by atoms with Gasteiger partial charge in [-0.05, 0) is 24.9 Å². The van der Waals surface area contributed by atoms with Crippen LogP contribution in [0.2, 0.25) is 0 Å². The summed E-state index contributed by atoms with van der Waals surface area (Å²) in [6.07, 6.45) is 0. The number of likely N-dealkylation sites (tertiary alicyclic amines) is 1. The fourth-order valence-electron chi connectivity index (χ4n) is 2.93. The van der Waals surface area contributed by atoms with E-state index in [9.17, 15) is 4.79 Å². The van der Waals surface area contributed by atoms with Gasteiger partial charge in [0, 0.05) is 32.2 Å². The first-order valence-corrected chi connectivity index (χ1v) is 5.71. The Hall–Kier alpha value is -1.36. The molecule has 16 heavy (non-hydrogen) atoms. The molecule has 2 fully saturated rings. The Morgan fingerprint density at radius 1 is 1.25 bits per heavy atom. The summed E-state index contributed by atoms with van der Waals surface area (Å²) in [7, 11) is 2.18. The second kappa shape index (κ2) is 3.59. The third kappa shape index (κ3) is 1.61. The van der Waals surface area contributed by atoms with Gasteiger partial charge in [0.1, 0.15) is 5.82 Å². The van der Waals surface area contributed by atoms with E-state index in [2.05, 4.69) is 27.0 Å². The van der Waals surface area contributed by atoms with Crippen molar-refractivity contribution < 1.29 is 0 Å². The van der Waals surface area contributed by atoms with Crippen molar-refractivity contribution in [2.75, 3.05) is 38.1 Å². The number of nitrogens with one attached hydrogen (secondary N) is 1. The SMILES string of the molecule is CN1CC2CN(c3ccc(=O)[nH]n3)CC2C1. The fraction of sp³-hybridized carbons (Fsp3) is 0.636. The van der Waals surface area contributed by atoms with E-state index < -0.39 is 0 Å². The van der Waals surface area contributed by atoms with Crippen LogP contribution in [0.3, 0.4) is 0 Å². The lowest BCUT2D eigenvalue weighted by Gasteiger charge is -2.19. The minimum Gasteiger partial charge on any atom is -0.355 e. The fourth-order valence-corrected chi connectivity index (χ4v) is 2.93. The largest absolute Gasteiger partial charge is 0.355 e. The number of aromatic nitrogens is 2. The summed E-state index contributed by atoms with van der Waals surface area (Å²) in [5.74, 6) is 2.43. The van der Waals surface area contributed by atoms with Crippen LogP contribution >= 0.6 is 0 Å². The van der Waals surface area contributed by atoms with E-state index in [-0.39, 0.29) is 5.56 Å². The highest BCUT2D eigenvalue weighted by atomic mass is 16.1. The summed E-state index contributed by atoms with van der Waals surface area (Å²) < 4.78 is 0. The molecule has 3 heterocycles. The molecule has 2 aliphatic rings. The van der Waals surface area contributed by atoms with Gasteiger partial charge in [-0.2, -0.15) is 5.10 Å². The van der Waals surface area contributed by atoms with Gasteiger partial charge in [-0.3, -0.25) is 4.79 Å². The number of hydrogen-bond donors (Lipinski definition) is 1. The highest BCUT2D eigenvalue weighted by Gasteiger charge is 2.38. The second-order valence-electron chi connectivity index (χ2n) is 4.93. The van der Waals surface area contributed by atoms with Crippen LogP contribution in [-0.4, -0.2) is 48.3 Å². The zero-order valence-corrected chi connectivity index (χ0v) is 9.39. The molecule has 2 aliphatic heterocycles. The van der Waals surface area contributed by atoms with Gasteiger partial charge in [-0.25, -0.2) is 5.10 Å². The van der Waals surface area contributed by atoms with Gasteiger partial charge in [-0.1, -0.05) is 0 Å². The van der Waals surface area contributed by atoms with Crippen molar-refractivity contribution in [3.8, 4) is 0 Å². The summed E-state index contributed by atoms with van der Waals surface area (Å²) in [6, 6.07) is 3.35. The lowest BCUT2D eigenvalue weighted by Crippen LogP contribution is -2.28. The number of nitrogens with zero attached hydrogens (tertiary/aromatic N) is 3. The molecule has 2 saturated heterocycles. The van der Waals surface area contributed by atoms with E-state index in [4.69, 9.17) is 0 Å². The van der Waals surface area contributed by atoms with Crippen LogP contribution in [0.4, 0.5) is 5.82 Å². The predicted molar refractivity (Wildman–Crippen MR) is 61.5 cm³/mol. The maximum absolute atomic E-state index is 10.9. The minimum absolute atomic E-state index is 0.136. The molecule has 0 amide bonds. The molecular formula is C11H16N4O. The highest BCUT2D eigenvalue weighted by molar-refractivity contribution is 5.38. The third-order valence-corrected chi connectivity index (χ3v) is 3.66. The highest BCUT2D eigenvalue weighted by Crippen LogP contribution is 2.31. The summed E-state index contributed by atoms with van der Waals surface area (Å²) in [4.78, 5) is 15.6. The first kappa shape index (κ1) is 9.84. The molecule has 2 atom stereocenters. The van der Waals surface area contributed by atoms with Crippen molar-refractivity contribution in [1.82, 2.24) is 15.1 Å². The smallest absolute Gasteiger partial charge is 0.264 e. The Bertz CT molecular complexity index is 409. The van der Waals surface area contributed by atoms with Crippen LogP contribution in [0.1, 0.15) is 0 Å². The molecule has 5 nitrogen and oxygen atoms in total. The van der Waals surface area contributed by atoms with Gasteiger partial charge in [0.2, 0.25) is 0 Å². The van der Waals surface area contributed by atoms with Crippen LogP contribution < -0.4 is 10.5 Å². The van der Waals surface area contributed by atoms with Gasteiger partial charge in [0.05, 0.1) is 0 Å². The maximum Gasteiger partial charge on any atom is 0.264 e. The number of H-pyrrole nitrogens is 1. The topological polar surface area (TPSA) is 52.2 Å². The Morgan fingerprint density at radius 2 is 1.94 bits per heavy atom. The summed E-state index contributed by atoms with van der Waals surface area (Å²) >= 11 is 0. The van der Waals surface area contributed by atoms with E-state index in [1.54, 1.807) is 6.07 Å². The van der Waals surface area contributed by atoms with Crippen molar-refractivity contribution in [3.63, 3.8) is 0 Å². The predicted octanol–water partition coefficient (Wildman–Crippen LogP) is -0.232. The monoisotopic (exact) mass is 220 g/mol. The number of aromatic amines is 1. The Balaban J connectivity index is 1.75. The maximum atomic E-state index is 10.9. The van der Waals surface area contributed by atoms with Crippen LogP contribution in [0, 0.1) is 11.8 Å². The summed E-state index contributed by atoms with van der Waals surface area (Å²) in [6.45, 7) is 4.50. The number of anilines is 1. The normalized spacial score (nSPS) is 29.7. The average Bonchev–Trinajstić information content (AvgIpc) is 2.75. The first-order chi connectivity index (χ1) is 7.72. The number of rotatable bonds is 1. The third-order valence-electron chi connectivity index (χ3n) is 3.66. The molecule has 0 saturated carbocycles. The van der Waals surface area contributed by atoms with E-state index in [1.165, 1.54) is 13.1 Å². The summed E-state index contributed by atoms with van der Waals surface area (Å²) in [5.41, 5.74) is -0.136. The molecule has 5 heteroatoms. The van der Waals surface area contributed by atoms with Crippen molar-refractivity contribution in [1.29, 1.82) is 0 Å². The molecule has 1 aromatic heterocycles. The molecule has 0 bridgehead atoms. The van der Waals surface area contributed by atoms with Crippen LogP contribution in [0.5, 0.6) is 0 Å². The van der Waals surface area contributed by atoms with Crippen molar-refractivity contribution in [2.24, 2.45) is 11.8 Å². The second-order valence-corrected chi connectivity index (χ2v) is 4.93. The molecule has 2 unspecified atom stereocenters. The van der Waals surface area contributed by atoms with Gasteiger partial charge in [-0.15, -0.1) is 0 Å². The molecule has 0 radical (unpaired) electrons. The molecule has 86 valence electrons. The lowest BCUT2D eigenvalue weighted by atomic mass is 10.0. The Morgan fingerprint density at radius 3 is 2.50 bits per heavy atom. The first-order valence-electron chi connectivity index (χ1n) is 5.71. The Kier molecular flexibility index (Phi) is 2.21. The molecule has 0 aromatic carbocycles. The molecule has 0 spiro atoms. The minimum atomic E-state index is -0.136. The van der Waals surface area contributed by atoms with E-state index >= 15 is 0 Å². The van der Waals surface area contributed by atoms with Gasteiger partial charge >= 0.3 is 0 Å². The summed E-state index contributed by atoms with van der Waals surface area (Å²) in [5, 5.41) is 6.58. The van der Waals surface area contributed by atoms with Gasteiger partial charge < -0.3 is 9.80 Å². The quantitative estimate of drug-likeness (QED) is 0.710. The Labute approximate surface area is 94.1 Å². The van der Waals surface area contributed by atoms with Crippen LogP contribution in [0.25, 0.3) is 0 Å². The standard InChI is InChI=1S/C11H16N4O/c1-14-4-8-6-15(7-9(8)5-14)10-2-3-11(16)13-12-10/h2-3,8-9H,4-7H2,1H3,(H,13,16). The molecule has 0 aliphatic carbocycles. The molecule has 1 aromatic rings. The van der Waals surface area contributed by atoms with Crippen molar-refractivity contribution in [2.45, 2.75) is 0 Å². The van der Waals surface area contributed by atoms with E-state index in [0.717, 1.165) is 30.7 Å². The van der Waals surface area contributed by atoms with Gasteiger partial charge in [0.15, 0.2) is 0 Å². The zero-order chi connectivity index (χ0) is 11.1. The van der Waals surface area contributed by atoms with Crippen molar-refractivity contribution >= 4 is 5.82 Å². The van der Waals surface area contributed by atoms with E-state index in [0.29, 0.717) is 0 Å². The molecular weight excluding hydrogens is 204 g/mol. The van der Waals surface area contributed by atoms with E-state index in [1.807, 2.05) is 6.07 Å². The lowest BCUT2D eigenvalue weighted by molar-refractivity contribution is 0.386. The molecule has 1 N–H and O–H groups in total. The van der Waals surface area contributed by atoms with Gasteiger partial charge in [0.25, 0.3) is 5.56 Å².